The Morgan fingerprint density at radius 2 is 2.17 bits per heavy atom. The third-order valence-electron chi connectivity index (χ3n) is 2.93. The molecule has 18 heavy (non-hydrogen) atoms. The Balaban J connectivity index is 2.07. The molecule has 0 unspecified atom stereocenters. The number of imidazole rings is 1. The second kappa shape index (κ2) is 5.48. The van der Waals surface area contributed by atoms with Crippen molar-refractivity contribution in [1.82, 2.24) is 9.55 Å². The summed E-state index contributed by atoms with van der Waals surface area (Å²) < 4.78 is 2.21. The number of anilines is 1. The van der Waals surface area contributed by atoms with Crippen molar-refractivity contribution in [2.24, 2.45) is 0 Å². The van der Waals surface area contributed by atoms with Crippen molar-refractivity contribution in [1.29, 1.82) is 0 Å². The van der Waals surface area contributed by atoms with Gasteiger partial charge >= 0.3 is 0 Å². The van der Waals surface area contributed by atoms with Crippen LogP contribution in [0.5, 0.6) is 0 Å². The molecule has 0 atom stereocenters. The van der Waals surface area contributed by atoms with E-state index < -0.39 is 0 Å². The molecule has 0 amide bonds. The van der Waals surface area contributed by atoms with E-state index in [1.807, 2.05) is 37.3 Å². The van der Waals surface area contributed by atoms with E-state index in [2.05, 4.69) is 35.5 Å². The van der Waals surface area contributed by atoms with Crippen molar-refractivity contribution in [2.45, 2.75) is 37.5 Å². The van der Waals surface area contributed by atoms with Crippen molar-refractivity contribution < 1.29 is 0 Å². The average molecular weight is 261 g/mol. The predicted octanol–water partition coefficient (Wildman–Crippen LogP) is 3.65. The minimum atomic E-state index is 0.455. The Bertz CT molecular complexity index is 532. The number of hydrogen-bond donors (Lipinski definition) is 1. The van der Waals surface area contributed by atoms with Crippen LogP contribution >= 0.6 is 11.8 Å². The van der Waals surface area contributed by atoms with Gasteiger partial charge < -0.3 is 10.3 Å². The van der Waals surface area contributed by atoms with Gasteiger partial charge in [-0.1, -0.05) is 0 Å². The average Bonchev–Trinajstić information content (AvgIpc) is 2.79. The Morgan fingerprint density at radius 3 is 2.83 bits per heavy atom. The molecule has 3 nitrogen and oxygen atoms in total. The van der Waals surface area contributed by atoms with Crippen molar-refractivity contribution in [3.05, 3.63) is 42.0 Å². The fourth-order valence-corrected chi connectivity index (χ4v) is 2.77. The van der Waals surface area contributed by atoms with Gasteiger partial charge in [-0.05, 0) is 44.5 Å². The van der Waals surface area contributed by atoms with Crippen LogP contribution in [-0.4, -0.2) is 9.55 Å². The lowest BCUT2D eigenvalue weighted by molar-refractivity contribution is 0.584. The minimum Gasteiger partial charge on any atom is -0.399 e. The third-order valence-corrected chi connectivity index (χ3v) is 3.96. The van der Waals surface area contributed by atoms with Gasteiger partial charge in [0.1, 0.15) is 0 Å². The second-order valence-corrected chi connectivity index (χ2v) is 5.74. The molecular weight excluding hydrogens is 242 g/mol. The van der Waals surface area contributed by atoms with Gasteiger partial charge in [-0.3, -0.25) is 0 Å². The maximum atomic E-state index is 5.82. The lowest BCUT2D eigenvalue weighted by Gasteiger charge is -2.11. The standard InChI is InChI=1S/C14H19N3S/c1-10(2)17-9-16-7-12(17)8-18-13-4-5-14(15)11(3)6-13/h4-7,9-10H,8,15H2,1-3H3. The number of aryl methyl sites for hydroxylation is 1. The summed E-state index contributed by atoms with van der Waals surface area (Å²) >= 11 is 1.82. The molecule has 0 saturated heterocycles. The van der Waals surface area contributed by atoms with E-state index >= 15 is 0 Å². The lowest BCUT2D eigenvalue weighted by Crippen LogP contribution is -2.02. The van der Waals surface area contributed by atoms with E-state index in [1.165, 1.54) is 10.6 Å². The van der Waals surface area contributed by atoms with Crippen LogP contribution in [0.25, 0.3) is 0 Å². The molecule has 0 aliphatic heterocycles. The highest BCUT2D eigenvalue weighted by Gasteiger charge is 2.06. The first kappa shape index (κ1) is 13.0. The highest BCUT2D eigenvalue weighted by atomic mass is 32.2. The van der Waals surface area contributed by atoms with Gasteiger partial charge in [-0.2, -0.15) is 0 Å². The first-order chi connectivity index (χ1) is 8.58. The van der Waals surface area contributed by atoms with Gasteiger partial charge in [0.05, 0.1) is 6.33 Å². The molecule has 1 heterocycles. The van der Waals surface area contributed by atoms with Crippen LogP contribution in [0.3, 0.4) is 0 Å². The van der Waals surface area contributed by atoms with Crippen LogP contribution < -0.4 is 5.73 Å². The SMILES string of the molecule is Cc1cc(SCc2cncn2C(C)C)ccc1N. The normalized spacial score (nSPS) is 11.1. The first-order valence-electron chi connectivity index (χ1n) is 6.07. The van der Waals surface area contributed by atoms with Gasteiger partial charge in [-0.25, -0.2) is 4.98 Å². The summed E-state index contributed by atoms with van der Waals surface area (Å²) in [7, 11) is 0. The molecule has 2 rings (SSSR count). The van der Waals surface area contributed by atoms with Crippen LogP contribution in [0, 0.1) is 6.92 Å². The Hall–Kier alpha value is -1.42. The molecule has 1 aromatic heterocycles. The lowest BCUT2D eigenvalue weighted by atomic mass is 10.2. The van der Waals surface area contributed by atoms with E-state index in [0.717, 1.165) is 17.0 Å². The Labute approximate surface area is 112 Å². The topological polar surface area (TPSA) is 43.8 Å². The highest BCUT2D eigenvalue weighted by Crippen LogP contribution is 2.26. The molecule has 0 spiro atoms. The second-order valence-electron chi connectivity index (χ2n) is 4.69. The Kier molecular flexibility index (Phi) is 3.97. The number of nitrogens with two attached hydrogens (primary N) is 1. The summed E-state index contributed by atoms with van der Waals surface area (Å²) in [4.78, 5) is 5.47. The highest BCUT2D eigenvalue weighted by molar-refractivity contribution is 7.98. The number of nitrogen functional groups attached to an aromatic ring is 1. The summed E-state index contributed by atoms with van der Waals surface area (Å²) in [6, 6.07) is 6.63. The van der Waals surface area contributed by atoms with E-state index in [-0.39, 0.29) is 0 Å². The van der Waals surface area contributed by atoms with Crippen LogP contribution in [-0.2, 0) is 5.75 Å². The molecule has 0 saturated carbocycles. The van der Waals surface area contributed by atoms with Crippen molar-refractivity contribution in [3.8, 4) is 0 Å². The number of benzene rings is 1. The molecule has 2 aromatic rings. The van der Waals surface area contributed by atoms with Crippen molar-refractivity contribution in [3.63, 3.8) is 0 Å². The summed E-state index contributed by atoms with van der Waals surface area (Å²) in [5.41, 5.74) is 9.06. The molecule has 0 aliphatic carbocycles. The maximum Gasteiger partial charge on any atom is 0.0950 e. The van der Waals surface area contributed by atoms with Gasteiger partial charge in [0.2, 0.25) is 0 Å². The largest absolute Gasteiger partial charge is 0.399 e. The molecule has 0 bridgehead atoms. The van der Waals surface area contributed by atoms with Crippen molar-refractivity contribution >= 4 is 17.4 Å². The smallest absolute Gasteiger partial charge is 0.0950 e. The minimum absolute atomic E-state index is 0.455. The summed E-state index contributed by atoms with van der Waals surface area (Å²) in [5, 5.41) is 0. The van der Waals surface area contributed by atoms with Crippen LogP contribution in [0.1, 0.15) is 31.1 Å². The summed E-state index contributed by atoms with van der Waals surface area (Å²) in [5.74, 6) is 0.932. The third kappa shape index (κ3) is 2.88. The first-order valence-corrected chi connectivity index (χ1v) is 7.06. The number of hydrogen-bond acceptors (Lipinski definition) is 3. The van der Waals surface area contributed by atoms with Crippen LogP contribution in [0.2, 0.25) is 0 Å². The molecule has 4 heteroatoms. The molecule has 0 radical (unpaired) electrons. The zero-order valence-corrected chi connectivity index (χ0v) is 11.9. The quantitative estimate of drug-likeness (QED) is 0.675. The predicted molar refractivity (Wildman–Crippen MR) is 77.8 cm³/mol. The maximum absolute atomic E-state index is 5.82. The summed E-state index contributed by atoms with van der Waals surface area (Å²) in [6.07, 6.45) is 3.84. The molecule has 0 fully saturated rings. The van der Waals surface area contributed by atoms with E-state index in [4.69, 9.17) is 5.73 Å². The number of thioether (sulfide) groups is 1. The van der Waals surface area contributed by atoms with Crippen LogP contribution in [0.4, 0.5) is 5.69 Å². The fraction of sp³-hybridized carbons (Fsp3) is 0.357. The zero-order valence-electron chi connectivity index (χ0n) is 11.1. The van der Waals surface area contributed by atoms with Crippen LogP contribution in [0.15, 0.2) is 35.6 Å². The molecular formula is C14H19N3S. The summed E-state index contributed by atoms with van der Waals surface area (Å²) in [6.45, 7) is 6.38. The van der Waals surface area contributed by atoms with E-state index in [9.17, 15) is 0 Å². The number of aromatic nitrogens is 2. The molecule has 2 N–H and O–H groups in total. The Morgan fingerprint density at radius 1 is 1.39 bits per heavy atom. The number of nitrogens with zero attached hydrogens (tertiary/aromatic N) is 2. The zero-order chi connectivity index (χ0) is 13.1. The van der Waals surface area contributed by atoms with Gasteiger partial charge in [-0.15, -0.1) is 11.8 Å². The van der Waals surface area contributed by atoms with Crippen molar-refractivity contribution in [2.75, 3.05) is 5.73 Å². The van der Waals surface area contributed by atoms with Gasteiger partial charge in [0.15, 0.2) is 0 Å². The van der Waals surface area contributed by atoms with Gasteiger partial charge in [0.25, 0.3) is 0 Å². The number of rotatable bonds is 4. The van der Waals surface area contributed by atoms with Gasteiger partial charge in [0, 0.05) is 34.3 Å². The molecule has 0 aliphatic rings. The van der Waals surface area contributed by atoms with E-state index in [1.54, 1.807) is 0 Å². The van der Waals surface area contributed by atoms with E-state index in [0.29, 0.717) is 6.04 Å². The molecule has 1 aromatic carbocycles. The fourth-order valence-electron chi connectivity index (χ4n) is 1.80. The monoisotopic (exact) mass is 261 g/mol. The molecule has 96 valence electrons.